The van der Waals surface area contributed by atoms with E-state index in [9.17, 15) is 0 Å². The smallest absolute Gasteiger partial charge is 0.137 e. The van der Waals surface area contributed by atoms with Gasteiger partial charge in [0.05, 0.1) is 6.10 Å². The molecule has 1 unspecified atom stereocenters. The average Bonchev–Trinajstić information content (AvgIpc) is 2.86. The molecular weight excluding hydrogens is 228 g/mol. The second-order valence-corrected chi connectivity index (χ2v) is 4.69. The molecule has 0 aromatic carbocycles. The molecule has 2 heterocycles. The summed E-state index contributed by atoms with van der Waals surface area (Å²) in [5, 5.41) is 3.34. The van der Waals surface area contributed by atoms with Crippen LogP contribution in [-0.4, -0.2) is 42.8 Å². The largest absolute Gasteiger partial charge is 0.380 e. The highest BCUT2D eigenvalue weighted by Gasteiger charge is 2.24. The Morgan fingerprint density at radius 2 is 2.33 bits per heavy atom. The molecule has 0 aliphatic carbocycles. The molecule has 1 saturated heterocycles. The zero-order chi connectivity index (χ0) is 13.0. The fourth-order valence-electron chi connectivity index (χ4n) is 2.29. The maximum absolute atomic E-state index is 5.40. The van der Waals surface area contributed by atoms with Crippen LogP contribution in [0.2, 0.25) is 0 Å². The summed E-state index contributed by atoms with van der Waals surface area (Å²) in [5.74, 6) is 1.98. The second kappa shape index (κ2) is 6.00. The van der Waals surface area contributed by atoms with E-state index in [4.69, 9.17) is 4.74 Å². The Kier molecular flexibility index (Phi) is 4.36. The van der Waals surface area contributed by atoms with Crippen LogP contribution in [-0.2, 0) is 4.74 Å². The number of aromatic nitrogens is 2. The first-order valence-electron chi connectivity index (χ1n) is 6.59. The molecule has 0 amide bonds. The normalized spacial score (nSPS) is 19.3. The molecule has 1 aliphatic rings. The molecule has 0 radical (unpaired) electrons. The average molecular weight is 250 g/mol. The van der Waals surface area contributed by atoms with Crippen molar-refractivity contribution in [2.24, 2.45) is 0 Å². The van der Waals surface area contributed by atoms with Crippen molar-refractivity contribution in [2.45, 2.75) is 32.8 Å². The van der Waals surface area contributed by atoms with Crippen LogP contribution in [0.4, 0.5) is 11.6 Å². The van der Waals surface area contributed by atoms with Crippen LogP contribution in [0, 0.1) is 6.92 Å². The van der Waals surface area contributed by atoms with Crippen LogP contribution >= 0.6 is 0 Å². The third-order valence-electron chi connectivity index (χ3n) is 3.38. The molecule has 0 spiro atoms. The minimum Gasteiger partial charge on any atom is -0.380 e. The van der Waals surface area contributed by atoms with Crippen LogP contribution in [0.15, 0.2) is 6.33 Å². The topological polar surface area (TPSA) is 50.3 Å². The van der Waals surface area contributed by atoms with E-state index in [1.54, 1.807) is 13.4 Å². The number of rotatable bonds is 5. The fourth-order valence-corrected chi connectivity index (χ4v) is 2.29. The van der Waals surface area contributed by atoms with E-state index < -0.39 is 0 Å². The monoisotopic (exact) mass is 250 g/mol. The Bertz CT molecular complexity index is 397. The van der Waals surface area contributed by atoms with E-state index in [-0.39, 0.29) is 0 Å². The SMILES string of the molecule is CCCNc1ncnc(N2CCC(OC)C2)c1C. The van der Waals surface area contributed by atoms with Crippen molar-refractivity contribution < 1.29 is 4.74 Å². The van der Waals surface area contributed by atoms with Gasteiger partial charge in [0.2, 0.25) is 0 Å². The lowest BCUT2D eigenvalue weighted by Gasteiger charge is -2.20. The molecule has 18 heavy (non-hydrogen) atoms. The highest BCUT2D eigenvalue weighted by Crippen LogP contribution is 2.26. The fraction of sp³-hybridized carbons (Fsp3) is 0.692. The highest BCUT2D eigenvalue weighted by atomic mass is 16.5. The van der Waals surface area contributed by atoms with Gasteiger partial charge >= 0.3 is 0 Å². The summed E-state index contributed by atoms with van der Waals surface area (Å²) in [7, 11) is 1.77. The first kappa shape index (κ1) is 13.1. The maximum atomic E-state index is 5.40. The van der Waals surface area contributed by atoms with Gasteiger partial charge in [-0.3, -0.25) is 0 Å². The molecule has 5 nitrogen and oxygen atoms in total. The van der Waals surface area contributed by atoms with Gasteiger partial charge in [-0.15, -0.1) is 0 Å². The van der Waals surface area contributed by atoms with Crippen molar-refractivity contribution >= 4 is 11.6 Å². The summed E-state index contributed by atoms with van der Waals surface area (Å²) in [6.45, 7) is 7.09. The van der Waals surface area contributed by atoms with Gasteiger partial charge in [-0.25, -0.2) is 9.97 Å². The summed E-state index contributed by atoms with van der Waals surface area (Å²) < 4.78 is 5.40. The van der Waals surface area contributed by atoms with E-state index in [1.165, 1.54) is 0 Å². The van der Waals surface area contributed by atoms with Crippen LogP contribution in [0.25, 0.3) is 0 Å². The van der Waals surface area contributed by atoms with Gasteiger partial charge < -0.3 is 15.0 Å². The lowest BCUT2D eigenvalue weighted by Crippen LogP contribution is -2.24. The summed E-state index contributed by atoms with van der Waals surface area (Å²) in [5.41, 5.74) is 1.13. The zero-order valence-corrected chi connectivity index (χ0v) is 11.4. The van der Waals surface area contributed by atoms with Crippen LogP contribution in [0.3, 0.4) is 0 Å². The Hall–Kier alpha value is -1.36. The molecule has 2 rings (SSSR count). The predicted octanol–water partition coefficient (Wildman–Crippen LogP) is 1.83. The number of hydrogen-bond donors (Lipinski definition) is 1. The zero-order valence-electron chi connectivity index (χ0n) is 11.4. The van der Waals surface area contributed by atoms with Crippen molar-refractivity contribution in [2.75, 3.05) is 37.0 Å². The Morgan fingerprint density at radius 1 is 1.50 bits per heavy atom. The molecule has 0 saturated carbocycles. The van der Waals surface area contributed by atoms with Crippen molar-refractivity contribution in [3.05, 3.63) is 11.9 Å². The van der Waals surface area contributed by atoms with Gasteiger partial charge in [-0.05, 0) is 19.8 Å². The summed E-state index contributed by atoms with van der Waals surface area (Å²) in [6, 6.07) is 0. The summed E-state index contributed by atoms with van der Waals surface area (Å²) in [6.07, 6.45) is 4.12. The Labute approximate surface area is 109 Å². The number of nitrogens with zero attached hydrogens (tertiary/aromatic N) is 3. The van der Waals surface area contributed by atoms with E-state index in [0.29, 0.717) is 6.10 Å². The summed E-state index contributed by atoms with van der Waals surface area (Å²) >= 11 is 0. The molecule has 1 N–H and O–H groups in total. The quantitative estimate of drug-likeness (QED) is 0.864. The molecule has 1 atom stereocenters. The third kappa shape index (κ3) is 2.72. The Balaban J connectivity index is 2.13. The first-order valence-corrected chi connectivity index (χ1v) is 6.59. The van der Waals surface area contributed by atoms with E-state index in [1.807, 2.05) is 0 Å². The molecule has 0 bridgehead atoms. The van der Waals surface area contributed by atoms with Gasteiger partial charge in [-0.2, -0.15) is 0 Å². The van der Waals surface area contributed by atoms with E-state index >= 15 is 0 Å². The Morgan fingerprint density at radius 3 is 3.00 bits per heavy atom. The molecule has 1 aliphatic heterocycles. The minimum absolute atomic E-state index is 0.325. The van der Waals surface area contributed by atoms with Gasteiger partial charge in [-0.1, -0.05) is 6.92 Å². The molecule has 1 fully saturated rings. The molecule has 1 aromatic heterocycles. The van der Waals surface area contributed by atoms with Crippen molar-refractivity contribution in [3.63, 3.8) is 0 Å². The van der Waals surface area contributed by atoms with Crippen LogP contribution in [0.1, 0.15) is 25.3 Å². The molecule has 100 valence electrons. The first-order chi connectivity index (χ1) is 8.76. The molecule has 5 heteroatoms. The van der Waals surface area contributed by atoms with E-state index in [2.05, 4.69) is 34.0 Å². The van der Waals surface area contributed by atoms with Crippen molar-refractivity contribution in [1.29, 1.82) is 0 Å². The standard InChI is InChI=1S/C13H22N4O/c1-4-6-14-12-10(2)13(16-9-15-12)17-7-5-11(8-17)18-3/h9,11H,4-8H2,1-3H3,(H,14,15,16). The predicted molar refractivity (Wildman–Crippen MR) is 73.2 cm³/mol. The van der Waals surface area contributed by atoms with Crippen LogP contribution < -0.4 is 10.2 Å². The third-order valence-corrected chi connectivity index (χ3v) is 3.38. The number of nitrogens with one attached hydrogen (secondary N) is 1. The molecule has 1 aromatic rings. The van der Waals surface area contributed by atoms with Gasteiger partial charge in [0.1, 0.15) is 18.0 Å². The van der Waals surface area contributed by atoms with Gasteiger partial charge in [0.25, 0.3) is 0 Å². The number of methoxy groups -OCH3 is 1. The van der Waals surface area contributed by atoms with E-state index in [0.717, 1.165) is 49.7 Å². The summed E-state index contributed by atoms with van der Waals surface area (Å²) in [4.78, 5) is 11.0. The molecular formula is C13H22N4O. The number of ether oxygens (including phenoxy) is 1. The number of hydrogen-bond acceptors (Lipinski definition) is 5. The lowest BCUT2D eigenvalue weighted by atomic mass is 10.3. The lowest BCUT2D eigenvalue weighted by molar-refractivity contribution is 0.121. The van der Waals surface area contributed by atoms with Crippen molar-refractivity contribution in [3.8, 4) is 0 Å². The van der Waals surface area contributed by atoms with Gasteiger partial charge in [0, 0.05) is 32.3 Å². The minimum atomic E-state index is 0.325. The second-order valence-electron chi connectivity index (χ2n) is 4.69. The van der Waals surface area contributed by atoms with Crippen LogP contribution in [0.5, 0.6) is 0 Å². The highest BCUT2D eigenvalue weighted by molar-refractivity contribution is 5.58. The van der Waals surface area contributed by atoms with Gasteiger partial charge in [0.15, 0.2) is 0 Å². The number of anilines is 2. The van der Waals surface area contributed by atoms with Crippen molar-refractivity contribution in [1.82, 2.24) is 9.97 Å². The maximum Gasteiger partial charge on any atom is 0.137 e.